The fraction of sp³-hybridized carbons (Fsp3) is 0.300. The number of amides is 1. The fourth-order valence-corrected chi connectivity index (χ4v) is 0.618. The van der Waals surface area contributed by atoms with Gasteiger partial charge >= 0.3 is 17.8 Å². The van der Waals surface area contributed by atoms with E-state index in [-0.39, 0.29) is 18.8 Å². The van der Waals surface area contributed by atoms with Crippen LogP contribution in [-0.4, -0.2) is 31.1 Å². The largest absolute Gasteiger partial charge is 0.459 e. The Kier molecular flexibility index (Phi) is 6.84. The third kappa shape index (κ3) is 7.60. The lowest BCUT2D eigenvalue weighted by molar-refractivity contribution is -0.146. The van der Waals surface area contributed by atoms with Gasteiger partial charge in [-0.15, -0.1) is 4.91 Å². The van der Waals surface area contributed by atoms with Crippen LogP contribution < -0.4 is 0 Å². The van der Waals surface area contributed by atoms with E-state index in [0.29, 0.717) is 6.08 Å². The van der Waals surface area contributed by atoms with Gasteiger partial charge in [0.25, 0.3) is 0 Å². The molecular weight excluding hydrogens is 230 g/mol. The summed E-state index contributed by atoms with van der Waals surface area (Å²) in [7, 11) is 0. The zero-order valence-corrected chi connectivity index (χ0v) is 9.17. The van der Waals surface area contributed by atoms with Gasteiger partial charge in [0.1, 0.15) is 13.2 Å². The van der Waals surface area contributed by atoms with E-state index in [2.05, 4.69) is 16.1 Å². The van der Waals surface area contributed by atoms with Crippen LogP contribution in [0.5, 0.6) is 0 Å². The lowest BCUT2D eigenvalue weighted by Crippen LogP contribution is -2.13. The summed E-state index contributed by atoms with van der Waals surface area (Å²) in [5.74, 6) is -2.51. The standard InChI is InChI=1S/C10H11NO6/c1-7(2)10(14)17-6-5-16-9(13)4-3-8(12)11-15/h3-4H,1,5-6H2,2H3/b4-3-. The average molecular weight is 241 g/mol. The molecule has 92 valence electrons. The van der Waals surface area contributed by atoms with Crippen LogP contribution in [0.1, 0.15) is 6.92 Å². The summed E-state index contributed by atoms with van der Waals surface area (Å²) in [6, 6.07) is 0. The number of nitroso groups, excluding NO2 is 1. The number of nitrogens with zero attached hydrogens (tertiary/aromatic N) is 1. The third-order valence-electron chi connectivity index (χ3n) is 1.36. The summed E-state index contributed by atoms with van der Waals surface area (Å²) in [6.07, 6.45) is 1.43. The second-order valence-corrected chi connectivity index (χ2v) is 2.85. The Morgan fingerprint density at radius 3 is 2.29 bits per heavy atom. The van der Waals surface area contributed by atoms with E-state index in [1.165, 1.54) is 6.92 Å². The zero-order chi connectivity index (χ0) is 13.3. The molecule has 0 fully saturated rings. The molecule has 0 bridgehead atoms. The van der Waals surface area contributed by atoms with Crippen LogP contribution in [-0.2, 0) is 23.9 Å². The molecule has 0 radical (unpaired) electrons. The van der Waals surface area contributed by atoms with Crippen LogP contribution >= 0.6 is 0 Å². The molecule has 1 amide bonds. The molecule has 0 unspecified atom stereocenters. The fourth-order valence-electron chi connectivity index (χ4n) is 0.618. The Labute approximate surface area is 97.1 Å². The van der Waals surface area contributed by atoms with Crippen molar-refractivity contribution in [2.45, 2.75) is 6.92 Å². The summed E-state index contributed by atoms with van der Waals surface area (Å²) in [4.78, 5) is 41.8. The van der Waals surface area contributed by atoms with E-state index >= 15 is 0 Å². The zero-order valence-electron chi connectivity index (χ0n) is 9.17. The molecule has 0 heterocycles. The predicted molar refractivity (Wildman–Crippen MR) is 56.7 cm³/mol. The SMILES string of the molecule is C=C(C)C(=O)OCCOC(=O)/C=C\C(=O)N=O. The Bertz CT molecular complexity index is 371. The molecule has 0 aromatic rings. The summed E-state index contributed by atoms with van der Waals surface area (Å²) < 4.78 is 9.16. The summed E-state index contributed by atoms with van der Waals surface area (Å²) in [5.41, 5.74) is 0.235. The molecule has 7 nitrogen and oxygen atoms in total. The van der Waals surface area contributed by atoms with Crippen molar-refractivity contribution in [1.82, 2.24) is 0 Å². The van der Waals surface area contributed by atoms with Gasteiger partial charge in [0, 0.05) is 22.9 Å². The van der Waals surface area contributed by atoms with Gasteiger partial charge in [-0.1, -0.05) is 6.58 Å². The molecule has 0 aromatic carbocycles. The lowest BCUT2D eigenvalue weighted by atomic mass is 10.4. The van der Waals surface area contributed by atoms with Crippen LogP contribution in [0.25, 0.3) is 0 Å². The molecule has 0 aliphatic carbocycles. The first-order valence-corrected chi connectivity index (χ1v) is 4.52. The summed E-state index contributed by atoms with van der Waals surface area (Å²) in [6.45, 7) is 4.56. The second-order valence-electron chi connectivity index (χ2n) is 2.85. The summed E-state index contributed by atoms with van der Waals surface area (Å²) >= 11 is 0. The first-order valence-electron chi connectivity index (χ1n) is 4.52. The van der Waals surface area contributed by atoms with Crippen molar-refractivity contribution >= 4 is 17.8 Å². The Balaban J connectivity index is 3.76. The molecule has 0 saturated heterocycles. The van der Waals surface area contributed by atoms with Gasteiger partial charge < -0.3 is 9.47 Å². The molecule has 0 rings (SSSR count). The molecule has 0 saturated carbocycles. The van der Waals surface area contributed by atoms with Crippen LogP contribution in [0.4, 0.5) is 0 Å². The van der Waals surface area contributed by atoms with Gasteiger partial charge in [0.05, 0.1) is 0 Å². The minimum absolute atomic E-state index is 0.120. The monoisotopic (exact) mass is 241 g/mol. The van der Waals surface area contributed by atoms with Crippen LogP contribution in [0.3, 0.4) is 0 Å². The molecule has 7 heteroatoms. The normalized spacial score (nSPS) is 9.71. The van der Waals surface area contributed by atoms with E-state index < -0.39 is 17.8 Å². The highest BCUT2D eigenvalue weighted by Crippen LogP contribution is 1.92. The number of ether oxygens (including phenoxy) is 2. The minimum atomic E-state index is -1.09. The van der Waals surface area contributed by atoms with E-state index in [1.807, 2.05) is 5.18 Å². The highest BCUT2D eigenvalue weighted by Gasteiger charge is 2.03. The highest BCUT2D eigenvalue weighted by atomic mass is 16.6. The molecular formula is C10H11NO6. The highest BCUT2D eigenvalue weighted by molar-refractivity contribution is 5.94. The molecule has 0 atom stereocenters. The van der Waals surface area contributed by atoms with Gasteiger partial charge in [-0.25, -0.2) is 9.59 Å². The van der Waals surface area contributed by atoms with Gasteiger partial charge in [-0.05, 0) is 6.92 Å². The van der Waals surface area contributed by atoms with Gasteiger partial charge in [0.15, 0.2) is 0 Å². The van der Waals surface area contributed by atoms with Crippen LogP contribution in [0, 0.1) is 4.91 Å². The molecule has 0 aliphatic rings. The van der Waals surface area contributed by atoms with E-state index in [0.717, 1.165) is 6.08 Å². The Morgan fingerprint density at radius 1 is 1.18 bits per heavy atom. The first-order chi connectivity index (χ1) is 7.97. The average Bonchev–Trinajstić information content (AvgIpc) is 2.30. The number of carbonyl (C=O) groups excluding carboxylic acids is 3. The predicted octanol–water partition coefficient (Wildman–Crippen LogP) is 0.498. The van der Waals surface area contributed by atoms with Crippen molar-refractivity contribution < 1.29 is 23.9 Å². The number of esters is 2. The molecule has 0 aliphatic heterocycles. The maximum Gasteiger partial charge on any atom is 0.333 e. The van der Waals surface area contributed by atoms with E-state index in [4.69, 9.17) is 0 Å². The third-order valence-corrected chi connectivity index (χ3v) is 1.36. The number of hydrogen-bond acceptors (Lipinski definition) is 6. The van der Waals surface area contributed by atoms with Crippen LogP contribution in [0.2, 0.25) is 0 Å². The van der Waals surface area contributed by atoms with E-state index in [1.54, 1.807) is 0 Å². The maximum atomic E-state index is 10.9. The van der Waals surface area contributed by atoms with Gasteiger partial charge in [-0.3, -0.25) is 4.79 Å². The Morgan fingerprint density at radius 2 is 1.76 bits per heavy atom. The second kappa shape index (κ2) is 7.91. The number of carbonyl (C=O) groups is 3. The Hall–Kier alpha value is -2.31. The molecule has 0 N–H and O–H groups in total. The van der Waals surface area contributed by atoms with Gasteiger partial charge in [-0.2, -0.15) is 0 Å². The quantitative estimate of drug-likeness (QED) is 0.290. The number of rotatable bonds is 6. The topological polar surface area (TPSA) is 99.1 Å². The lowest BCUT2D eigenvalue weighted by Gasteiger charge is -2.03. The van der Waals surface area contributed by atoms with Gasteiger partial charge in [0.2, 0.25) is 0 Å². The maximum absolute atomic E-state index is 10.9. The first kappa shape index (κ1) is 14.7. The number of hydrogen-bond donors (Lipinski definition) is 0. The van der Waals surface area contributed by atoms with Crippen LogP contribution in [0.15, 0.2) is 29.5 Å². The smallest absolute Gasteiger partial charge is 0.333 e. The van der Waals surface area contributed by atoms with E-state index in [9.17, 15) is 19.3 Å². The molecule has 0 spiro atoms. The van der Waals surface area contributed by atoms with Crippen molar-refractivity contribution in [3.8, 4) is 0 Å². The van der Waals surface area contributed by atoms with Crippen molar-refractivity contribution in [1.29, 1.82) is 0 Å². The molecule has 17 heavy (non-hydrogen) atoms. The van der Waals surface area contributed by atoms with Crippen molar-refractivity contribution in [2.24, 2.45) is 5.18 Å². The van der Waals surface area contributed by atoms with Crippen molar-refractivity contribution in [2.75, 3.05) is 13.2 Å². The summed E-state index contributed by atoms with van der Waals surface area (Å²) in [5, 5.41) is 2.04. The van der Waals surface area contributed by atoms with Crippen molar-refractivity contribution in [3.63, 3.8) is 0 Å². The molecule has 0 aromatic heterocycles. The van der Waals surface area contributed by atoms with Crippen molar-refractivity contribution in [3.05, 3.63) is 29.2 Å². The minimum Gasteiger partial charge on any atom is -0.459 e.